The van der Waals surface area contributed by atoms with E-state index in [-0.39, 0.29) is 0 Å². The third-order valence-corrected chi connectivity index (χ3v) is 5.30. The van der Waals surface area contributed by atoms with Crippen molar-refractivity contribution in [2.75, 3.05) is 19.3 Å². The lowest BCUT2D eigenvalue weighted by atomic mass is 9.84. The molecule has 0 spiro atoms. The van der Waals surface area contributed by atoms with Gasteiger partial charge in [-0.05, 0) is 51.0 Å². The Bertz CT molecular complexity index is 339. The fraction of sp³-hybridized carbons (Fsp3) is 0.769. The largest absolute Gasteiger partial charge is 0.315 e. The molecular weight excluding hydrogens is 230 g/mol. The van der Waals surface area contributed by atoms with E-state index in [4.69, 9.17) is 0 Å². The first kappa shape index (κ1) is 13.0. The van der Waals surface area contributed by atoms with Gasteiger partial charge in [0.1, 0.15) is 0 Å². The van der Waals surface area contributed by atoms with Crippen molar-refractivity contribution in [1.82, 2.24) is 15.5 Å². The second kappa shape index (κ2) is 5.91. The van der Waals surface area contributed by atoms with Crippen molar-refractivity contribution in [3.8, 4) is 0 Å². The van der Waals surface area contributed by atoms with Crippen LogP contribution < -0.4 is 5.32 Å². The first-order valence-electron chi connectivity index (χ1n) is 6.50. The molecule has 3 nitrogen and oxygen atoms in total. The molecule has 0 saturated heterocycles. The van der Waals surface area contributed by atoms with E-state index in [9.17, 15) is 0 Å². The standard InChI is InChI=1S/C13H23N3S/c1-11-12(9-15-16-11)5-3-8-14-10-13(17-2)6-4-7-13/h9,14H,3-8,10H2,1-2H3,(H,15,16). The molecule has 0 unspecified atom stereocenters. The highest BCUT2D eigenvalue weighted by molar-refractivity contribution is 8.00. The fourth-order valence-electron chi connectivity index (χ4n) is 2.37. The number of rotatable bonds is 7. The number of hydrogen-bond donors (Lipinski definition) is 2. The highest BCUT2D eigenvalue weighted by atomic mass is 32.2. The molecule has 0 radical (unpaired) electrons. The molecule has 0 bridgehead atoms. The van der Waals surface area contributed by atoms with E-state index in [1.54, 1.807) is 0 Å². The minimum Gasteiger partial charge on any atom is -0.315 e. The molecule has 2 N–H and O–H groups in total. The molecule has 0 atom stereocenters. The second-order valence-corrected chi connectivity index (χ2v) is 6.32. The molecule has 1 aromatic rings. The number of aryl methyl sites for hydroxylation is 2. The van der Waals surface area contributed by atoms with Crippen LogP contribution in [0.15, 0.2) is 6.20 Å². The normalized spacial score (nSPS) is 18.0. The maximum Gasteiger partial charge on any atom is 0.0522 e. The van der Waals surface area contributed by atoms with E-state index in [1.165, 1.54) is 43.5 Å². The van der Waals surface area contributed by atoms with Crippen LogP contribution in [0.1, 0.15) is 36.9 Å². The highest BCUT2D eigenvalue weighted by Gasteiger charge is 2.35. The summed E-state index contributed by atoms with van der Waals surface area (Å²) in [5.74, 6) is 0. The topological polar surface area (TPSA) is 40.7 Å². The predicted molar refractivity (Wildman–Crippen MR) is 74.6 cm³/mol. The van der Waals surface area contributed by atoms with Crippen LogP contribution in [-0.2, 0) is 6.42 Å². The smallest absolute Gasteiger partial charge is 0.0522 e. The van der Waals surface area contributed by atoms with Gasteiger partial charge in [0.2, 0.25) is 0 Å². The zero-order chi connectivity index (χ0) is 12.1. The van der Waals surface area contributed by atoms with Gasteiger partial charge in [0.05, 0.1) is 6.20 Å². The molecule has 2 rings (SSSR count). The maximum absolute atomic E-state index is 4.05. The molecule has 1 heterocycles. The molecule has 1 fully saturated rings. The molecule has 1 aliphatic rings. The number of aromatic amines is 1. The average Bonchev–Trinajstić information content (AvgIpc) is 2.67. The zero-order valence-corrected chi connectivity index (χ0v) is 11.7. The van der Waals surface area contributed by atoms with Gasteiger partial charge >= 0.3 is 0 Å². The van der Waals surface area contributed by atoms with Crippen LogP contribution in [-0.4, -0.2) is 34.3 Å². The van der Waals surface area contributed by atoms with Gasteiger partial charge < -0.3 is 5.32 Å². The van der Waals surface area contributed by atoms with Crippen molar-refractivity contribution in [2.45, 2.75) is 43.8 Å². The van der Waals surface area contributed by atoms with E-state index in [0.29, 0.717) is 4.75 Å². The van der Waals surface area contributed by atoms with E-state index >= 15 is 0 Å². The van der Waals surface area contributed by atoms with Gasteiger partial charge in [-0.2, -0.15) is 16.9 Å². The lowest BCUT2D eigenvalue weighted by Gasteiger charge is -2.40. The van der Waals surface area contributed by atoms with Gasteiger partial charge in [-0.25, -0.2) is 0 Å². The zero-order valence-electron chi connectivity index (χ0n) is 10.9. The van der Waals surface area contributed by atoms with Crippen molar-refractivity contribution in [1.29, 1.82) is 0 Å². The predicted octanol–water partition coefficient (Wildman–Crippen LogP) is 2.53. The number of thioether (sulfide) groups is 1. The van der Waals surface area contributed by atoms with Crippen molar-refractivity contribution < 1.29 is 0 Å². The van der Waals surface area contributed by atoms with Gasteiger partial charge in [0.15, 0.2) is 0 Å². The second-order valence-electron chi connectivity index (χ2n) is 5.04. The lowest BCUT2D eigenvalue weighted by molar-refractivity contribution is 0.346. The van der Waals surface area contributed by atoms with Gasteiger partial charge in [-0.3, -0.25) is 5.10 Å². The first-order chi connectivity index (χ1) is 8.26. The SMILES string of the molecule is CSC1(CNCCCc2cn[nH]c2C)CCC1. The van der Waals surface area contributed by atoms with Gasteiger partial charge in [-0.15, -0.1) is 0 Å². The Labute approximate surface area is 108 Å². The summed E-state index contributed by atoms with van der Waals surface area (Å²) < 4.78 is 0.561. The Morgan fingerprint density at radius 1 is 1.53 bits per heavy atom. The summed E-state index contributed by atoms with van der Waals surface area (Å²) in [6.07, 6.45) is 10.7. The number of H-pyrrole nitrogens is 1. The Balaban J connectivity index is 1.59. The van der Waals surface area contributed by atoms with Crippen molar-refractivity contribution in [3.05, 3.63) is 17.5 Å². The number of nitrogens with zero attached hydrogens (tertiary/aromatic N) is 1. The van der Waals surface area contributed by atoms with Crippen LogP contribution in [0.5, 0.6) is 0 Å². The van der Waals surface area contributed by atoms with E-state index in [1.807, 2.05) is 18.0 Å². The molecule has 0 aromatic carbocycles. The summed E-state index contributed by atoms with van der Waals surface area (Å²) in [7, 11) is 0. The fourth-order valence-corrected chi connectivity index (χ4v) is 3.32. The summed E-state index contributed by atoms with van der Waals surface area (Å²) >= 11 is 2.04. The molecule has 96 valence electrons. The summed E-state index contributed by atoms with van der Waals surface area (Å²) in [5.41, 5.74) is 2.57. The van der Waals surface area contributed by atoms with E-state index in [2.05, 4.69) is 28.7 Å². The summed E-state index contributed by atoms with van der Waals surface area (Å²) in [6.45, 7) is 4.39. The van der Waals surface area contributed by atoms with Gasteiger partial charge in [0, 0.05) is 17.0 Å². The third-order valence-electron chi connectivity index (χ3n) is 3.88. The summed E-state index contributed by atoms with van der Waals surface area (Å²) in [5, 5.41) is 10.6. The van der Waals surface area contributed by atoms with Crippen LogP contribution in [0, 0.1) is 6.92 Å². The Hall–Kier alpha value is -0.480. The van der Waals surface area contributed by atoms with Crippen LogP contribution in [0.25, 0.3) is 0 Å². The Kier molecular flexibility index (Phi) is 4.51. The van der Waals surface area contributed by atoms with Crippen molar-refractivity contribution in [2.24, 2.45) is 0 Å². The number of hydrogen-bond acceptors (Lipinski definition) is 3. The molecule has 1 aliphatic carbocycles. The minimum atomic E-state index is 0.561. The lowest BCUT2D eigenvalue weighted by Crippen LogP contribution is -2.43. The van der Waals surface area contributed by atoms with Gasteiger partial charge in [0.25, 0.3) is 0 Å². The molecule has 1 saturated carbocycles. The molecule has 1 aromatic heterocycles. The highest BCUT2D eigenvalue weighted by Crippen LogP contribution is 2.42. The number of aromatic nitrogens is 2. The molecule has 0 amide bonds. The van der Waals surface area contributed by atoms with Crippen LogP contribution >= 0.6 is 11.8 Å². The minimum absolute atomic E-state index is 0.561. The first-order valence-corrected chi connectivity index (χ1v) is 7.73. The van der Waals surface area contributed by atoms with Crippen LogP contribution in [0.3, 0.4) is 0 Å². The molecular formula is C13H23N3S. The maximum atomic E-state index is 4.05. The third kappa shape index (κ3) is 3.26. The Morgan fingerprint density at radius 2 is 2.35 bits per heavy atom. The summed E-state index contributed by atoms with van der Waals surface area (Å²) in [6, 6.07) is 0. The average molecular weight is 253 g/mol. The summed E-state index contributed by atoms with van der Waals surface area (Å²) in [4.78, 5) is 0. The van der Waals surface area contributed by atoms with E-state index < -0.39 is 0 Å². The van der Waals surface area contributed by atoms with Crippen molar-refractivity contribution in [3.63, 3.8) is 0 Å². The van der Waals surface area contributed by atoms with Crippen LogP contribution in [0.4, 0.5) is 0 Å². The monoisotopic (exact) mass is 253 g/mol. The molecule has 17 heavy (non-hydrogen) atoms. The van der Waals surface area contributed by atoms with Gasteiger partial charge in [-0.1, -0.05) is 6.42 Å². The van der Waals surface area contributed by atoms with Crippen molar-refractivity contribution >= 4 is 11.8 Å². The van der Waals surface area contributed by atoms with Crippen LogP contribution in [0.2, 0.25) is 0 Å². The Morgan fingerprint density at radius 3 is 2.88 bits per heavy atom. The number of nitrogens with one attached hydrogen (secondary N) is 2. The quantitative estimate of drug-likeness (QED) is 0.734. The molecule has 4 heteroatoms. The molecule has 0 aliphatic heterocycles. The van der Waals surface area contributed by atoms with E-state index in [0.717, 1.165) is 13.0 Å².